The summed E-state index contributed by atoms with van der Waals surface area (Å²) in [4.78, 5) is 23.7. The van der Waals surface area contributed by atoms with Crippen LogP contribution in [0.2, 0.25) is 0 Å². The van der Waals surface area contributed by atoms with E-state index in [1.165, 1.54) is 0 Å². The first-order chi connectivity index (χ1) is 8.35. The minimum Gasteiger partial charge on any atom is -0.381 e. The summed E-state index contributed by atoms with van der Waals surface area (Å²) in [5.41, 5.74) is 5.12. The monoisotopic (exact) mass is 257 g/mol. The van der Waals surface area contributed by atoms with Gasteiger partial charge in [0.05, 0.1) is 5.54 Å². The molecule has 104 valence electrons. The van der Waals surface area contributed by atoms with Crippen molar-refractivity contribution in [1.82, 2.24) is 10.6 Å². The van der Waals surface area contributed by atoms with E-state index in [9.17, 15) is 9.59 Å². The summed E-state index contributed by atoms with van der Waals surface area (Å²) in [6.45, 7) is 6.36. The Morgan fingerprint density at radius 2 is 1.72 bits per heavy atom. The molecule has 1 heterocycles. The van der Waals surface area contributed by atoms with Crippen LogP contribution in [0.15, 0.2) is 0 Å². The molecule has 0 aliphatic carbocycles. The predicted molar refractivity (Wildman–Crippen MR) is 67.9 cm³/mol. The maximum atomic E-state index is 12.0. The van der Waals surface area contributed by atoms with E-state index in [4.69, 9.17) is 10.5 Å². The molecular formula is C12H23N3O3. The maximum absolute atomic E-state index is 12.0. The molecule has 0 saturated carbocycles. The molecule has 18 heavy (non-hydrogen) atoms. The molecule has 4 N–H and O–H groups in total. The molecule has 0 aromatic carbocycles. The van der Waals surface area contributed by atoms with Crippen molar-refractivity contribution in [3.63, 3.8) is 0 Å². The highest BCUT2D eigenvalue weighted by molar-refractivity contribution is 5.91. The predicted octanol–water partition coefficient (Wildman–Crippen LogP) is -0.476. The van der Waals surface area contributed by atoms with Gasteiger partial charge in [0.1, 0.15) is 6.04 Å². The lowest BCUT2D eigenvalue weighted by Gasteiger charge is -2.32. The van der Waals surface area contributed by atoms with Crippen LogP contribution in [-0.4, -0.2) is 42.7 Å². The Hall–Kier alpha value is -1.14. The van der Waals surface area contributed by atoms with Crippen LogP contribution in [0.1, 0.15) is 33.6 Å². The van der Waals surface area contributed by atoms with Gasteiger partial charge in [-0.2, -0.15) is 0 Å². The Morgan fingerprint density at radius 3 is 2.22 bits per heavy atom. The zero-order chi connectivity index (χ0) is 13.8. The van der Waals surface area contributed by atoms with E-state index in [0.29, 0.717) is 26.1 Å². The van der Waals surface area contributed by atoms with E-state index in [2.05, 4.69) is 10.6 Å². The minimum absolute atomic E-state index is 0.0479. The zero-order valence-electron chi connectivity index (χ0n) is 11.3. The zero-order valence-corrected chi connectivity index (χ0v) is 11.3. The van der Waals surface area contributed by atoms with Crippen LogP contribution in [0.25, 0.3) is 0 Å². The molecule has 1 unspecified atom stereocenters. The van der Waals surface area contributed by atoms with Crippen molar-refractivity contribution >= 4 is 11.8 Å². The maximum Gasteiger partial charge on any atom is 0.242 e. The molecule has 1 rings (SSSR count). The smallest absolute Gasteiger partial charge is 0.242 e. The second-order valence-electron chi connectivity index (χ2n) is 5.13. The van der Waals surface area contributed by atoms with Crippen LogP contribution < -0.4 is 16.4 Å². The van der Waals surface area contributed by atoms with Crippen LogP contribution >= 0.6 is 0 Å². The molecule has 1 atom stereocenters. The van der Waals surface area contributed by atoms with Crippen LogP contribution in [0.4, 0.5) is 0 Å². The summed E-state index contributed by atoms with van der Waals surface area (Å²) in [5, 5.41) is 5.41. The molecule has 6 heteroatoms. The van der Waals surface area contributed by atoms with Gasteiger partial charge in [0.25, 0.3) is 0 Å². The van der Waals surface area contributed by atoms with Gasteiger partial charge in [-0.15, -0.1) is 0 Å². The lowest BCUT2D eigenvalue weighted by Crippen LogP contribution is -2.60. The minimum atomic E-state index is -0.912. The molecule has 6 nitrogen and oxygen atoms in total. The van der Waals surface area contributed by atoms with Gasteiger partial charge in [-0.3, -0.25) is 9.59 Å². The number of nitrogens with one attached hydrogen (secondary N) is 2. The quantitative estimate of drug-likeness (QED) is 0.634. The van der Waals surface area contributed by atoms with Crippen molar-refractivity contribution in [1.29, 1.82) is 0 Å². The lowest BCUT2D eigenvalue weighted by molar-refractivity contribution is -0.134. The van der Waals surface area contributed by atoms with Crippen LogP contribution in [0, 0.1) is 0 Å². The molecule has 0 radical (unpaired) electrons. The van der Waals surface area contributed by atoms with Gasteiger partial charge in [0.2, 0.25) is 11.8 Å². The number of carbonyl (C=O) groups excluding carboxylic acids is 2. The van der Waals surface area contributed by atoms with Crippen molar-refractivity contribution in [2.24, 2.45) is 5.73 Å². The molecule has 2 amide bonds. The second-order valence-corrected chi connectivity index (χ2v) is 5.13. The standard InChI is InChI=1S/C12H23N3O3/c1-8(2)14-10(16)9(3)15-11(17)12(13)4-6-18-7-5-12/h8-9H,4-7,13H2,1-3H3,(H,14,16)(H,15,17). The highest BCUT2D eigenvalue weighted by Crippen LogP contribution is 2.17. The largest absolute Gasteiger partial charge is 0.381 e. The fraction of sp³-hybridized carbons (Fsp3) is 0.833. The van der Waals surface area contributed by atoms with Gasteiger partial charge in [-0.25, -0.2) is 0 Å². The van der Waals surface area contributed by atoms with E-state index >= 15 is 0 Å². The molecule has 1 aliphatic rings. The Bertz CT molecular complexity index is 312. The van der Waals surface area contributed by atoms with Crippen LogP contribution in [0.5, 0.6) is 0 Å². The highest BCUT2D eigenvalue weighted by Gasteiger charge is 2.37. The molecule has 1 saturated heterocycles. The molecule has 0 aromatic rings. The molecule has 0 bridgehead atoms. The highest BCUT2D eigenvalue weighted by atomic mass is 16.5. The first-order valence-corrected chi connectivity index (χ1v) is 6.33. The third-order valence-electron chi connectivity index (χ3n) is 3.01. The number of ether oxygens (including phenoxy) is 1. The molecule has 1 aliphatic heterocycles. The summed E-state index contributed by atoms with van der Waals surface area (Å²) in [7, 11) is 0. The summed E-state index contributed by atoms with van der Waals surface area (Å²) in [5.74, 6) is -0.480. The Morgan fingerprint density at radius 1 is 1.17 bits per heavy atom. The van der Waals surface area contributed by atoms with Gasteiger partial charge >= 0.3 is 0 Å². The summed E-state index contributed by atoms with van der Waals surface area (Å²) in [6, 6.07) is -0.532. The average Bonchev–Trinajstić information content (AvgIpc) is 2.28. The fourth-order valence-corrected chi connectivity index (χ4v) is 1.78. The van der Waals surface area contributed by atoms with Crippen LogP contribution in [-0.2, 0) is 14.3 Å². The summed E-state index contributed by atoms with van der Waals surface area (Å²) >= 11 is 0. The van der Waals surface area contributed by atoms with Gasteiger partial charge in [0.15, 0.2) is 0 Å². The second kappa shape index (κ2) is 6.15. The number of carbonyl (C=O) groups is 2. The fourth-order valence-electron chi connectivity index (χ4n) is 1.78. The Kier molecular flexibility index (Phi) is 5.10. The number of nitrogens with two attached hydrogens (primary N) is 1. The Balaban J connectivity index is 2.50. The van der Waals surface area contributed by atoms with Crippen molar-refractivity contribution in [3.05, 3.63) is 0 Å². The topological polar surface area (TPSA) is 93.5 Å². The van der Waals surface area contributed by atoms with Gasteiger partial charge < -0.3 is 21.1 Å². The number of amides is 2. The summed E-state index contributed by atoms with van der Waals surface area (Å²) in [6.07, 6.45) is 0.967. The Labute approximate surface area is 108 Å². The lowest BCUT2D eigenvalue weighted by atomic mass is 9.90. The van der Waals surface area contributed by atoms with E-state index in [-0.39, 0.29) is 17.9 Å². The van der Waals surface area contributed by atoms with Crippen molar-refractivity contribution < 1.29 is 14.3 Å². The molecule has 0 aromatic heterocycles. The van der Waals surface area contributed by atoms with Crippen molar-refractivity contribution in [3.8, 4) is 0 Å². The van der Waals surface area contributed by atoms with E-state index in [1.54, 1.807) is 6.92 Å². The summed E-state index contributed by atoms with van der Waals surface area (Å²) < 4.78 is 5.18. The van der Waals surface area contributed by atoms with Gasteiger partial charge in [-0.1, -0.05) is 0 Å². The number of hydrogen-bond donors (Lipinski definition) is 3. The molecule has 1 fully saturated rings. The van der Waals surface area contributed by atoms with Crippen LogP contribution in [0.3, 0.4) is 0 Å². The van der Waals surface area contributed by atoms with Gasteiger partial charge in [0, 0.05) is 19.3 Å². The van der Waals surface area contributed by atoms with E-state index < -0.39 is 11.6 Å². The first kappa shape index (κ1) is 14.9. The normalized spacial score (nSPS) is 20.3. The third kappa shape index (κ3) is 3.96. The number of hydrogen-bond acceptors (Lipinski definition) is 4. The molecular weight excluding hydrogens is 234 g/mol. The first-order valence-electron chi connectivity index (χ1n) is 6.33. The average molecular weight is 257 g/mol. The van der Waals surface area contributed by atoms with E-state index in [1.807, 2.05) is 13.8 Å². The van der Waals surface area contributed by atoms with Crippen molar-refractivity contribution in [2.45, 2.75) is 51.2 Å². The van der Waals surface area contributed by atoms with Crippen molar-refractivity contribution in [2.75, 3.05) is 13.2 Å². The third-order valence-corrected chi connectivity index (χ3v) is 3.01. The number of rotatable bonds is 4. The van der Waals surface area contributed by atoms with Gasteiger partial charge in [-0.05, 0) is 33.6 Å². The van der Waals surface area contributed by atoms with E-state index in [0.717, 1.165) is 0 Å². The SMILES string of the molecule is CC(C)NC(=O)C(C)NC(=O)C1(N)CCOCC1. The molecule has 0 spiro atoms.